The topological polar surface area (TPSA) is 49.3 Å². The van der Waals surface area contributed by atoms with Crippen LogP contribution < -0.4 is 5.32 Å². The molecular formula is C18H35NO2. The summed E-state index contributed by atoms with van der Waals surface area (Å²) in [5.41, 5.74) is 0. The first-order chi connectivity index (χ1) is 10.1. The zero-order chi connectivity index (χ0) is 15.5. The normalized spacial score (nSPS) is 21.5. The molecule has 1 aliphatic rings. The molecule has 3 nitrogen and oxygen atoms in total. The van der Waals surface area contributed by atoms with Gasteiger partial charge in [-0.2, -0.15) is 0 Å². The molecule has 124 valence electrons. The van der Waals surface area contributed by atoms with E-state index < -0.39 is 5.97 Å². The molecule has 1 aliphatic carbocycles. The van der Waals surface area contributed by atoms with Crippen molar-refractivity contribution < 1.29 is 9.90 Å². The first-order valence-electron chi connectivity index (χ1n) is 9.08. The first-order valence-corrected chi connectivity index (χ1v) is 9.08. The second kappa shape index (κ2) is 11.1. The predicted molar refractivity (Wildman–Crippen MR) is 88.6 cm³/mol. The molecule has 0 bridgehead atoms. The van der Waals surface area contributed by atoms with Crippen molar-refractivity contribution in [3.8, 4) is 0 Å². The summed E-state index contributed by atoms with van der Waals surface area (Å²) in [6, 6.07) is 0.0205. The summed E-state index contributed by atoms with van der Waals surface area (Å²) in [7, 11) is 0. The van der Waals surface area contributed by atoms with Crippen LogP contribution >= 0.6 is 0 Å². The fraction of sp³-hybridized carbons (Fsp3) is 0.944. The summed E-state index contributed by atoms with van der Waals surface area (Å²) in [4.78, 5) is 11.4. The molecule has 3 heteroatoms. The van der Waals surface area contributed by atoms with Crippen molar-refractivity contribution in [2.45, 2.75) is 103 Å². The number of aliphatic carboxylic acids is 1. The van der Waals surface area contributed by atoms with Crippen molar-refractivity contribution in [1.29, 1.82) is 0 Å². The second-order valence-corrected chi connectivity index (χ2v) is 7.14. The van der Waals surface area contributed by atoms with Gasteiger partial charge in [0.05, 0.1) is 0 Å². The molecule has 0 spiro atoms. The van der Waals surface area contributed by atoms with Gasteiger partial charge < -0.3 is 10.4 Å². The molecule has 1 rings (SSSR count). The molecule has 0 saturated heterocycles. The highest BCUT2D eigenvalue weighted by Crippen LogP contribution is 2.18. The summed E-state index contributed by atoms with van der Waals surface area (Å²) in [5.74, 6) is -0.264. The molecule has 2 N–H and O–H groups in total. The van der Waals surface area contributed by atoms with Gasteiger partial charge in [-0.05, 0) is 25.2 Å². The molecular weight excluding hydrogens is 262 g/mol. The summed E-state index contributed by atoms with van der Waals surface area (Å²) in [6.45, 7) is 4.19. The van der Waals surface area contributed by atoms with Crippen molar-refractivity contribution in [2.24, 2.45) is 5.92 Å². The highest BCUT2D eigenvalue weighted by Gasteiger charge is 2.22. The van der Waals surface area contributed by atoms with Crippen molar-refractivity contribution in [3.05, 3.63) is 0 Å². The maximum atomic E-state index is 11.4. The number of hydrogen-bond acceptors (Lipinski definition) is 2. The Hall–Kier alpha value is -0.570. The average Bonchev–Trinajstić information content (AvgIpc) is 2.40. The zero-order valence-corrected chi connectivity index (χ0v) is 14.1. The van der Waals surface area contributed by atoms with Gasteiger partial charge in [0.1, 0.15) is 6.04 Å². The Balaban J connectivity index is 2.46. The summed E-state index contributed by atoms with van der Waals surface area (Å²) in [5, 5.41) is 12.8. The van der Waals surface area contributed by atoms with Crippen LogP contribution in [0.25, 0.3) is 0 Å². The van der Waals surface area contributed by atoms with Gasteiger partial charge >= 0.3 is 5.97 Å². The summed E-state index contributed by atoms with van der Waals surface area (Å²) < 4.78 is 0. The van der Waals surface area contributed by atoms with Crippen LogP contribution in [-0.4, -0.2) is 23.2 Å². The van der Waals surface area contributed by atoms with Gasteiger partial charge in [0.15, 0.2) is 0 Å². The van der Waals surface area contributed by atoms with E-state index in [9.17, 15) is 9.90 Å². The maximum Gasteiger partial charge on any atom is 0.320 e. The Kier molecular flexibility index (Phi) is 9.73. The Labute approximate surface area is 130 Å². The van der Waals surface area contributed by atoms with Gasteiger partial charge in [0.25, 0.3) is 0 Å². The third kappa shape index (κ3) is 9.13. The number of carboxylic acids is 1. The molecule has 0 aromatic heterocycles. The molecule has 21 heavy (non-hydrogen) atoms. The van der Waals surface area contributed by atoms with E-state index in [0.29, 0.717) is 12.0 Å². The fourth-order valence-corrected chi connectivity index (χ4v) is 3.33. The molecule has 0 radical (unpaired) electrons. The quantitative estimate of drug-likeness (QED) is 0.770. The lowest BCUT2D eigenvalue weighted by atomic mass is 9.96. The van der Waals surface area contributed by atoms with Crippen molar-refractivity contribution in [3.63, 3.8) is 0 Å². The molecule has 1 fully saturated rings. The highest BCUT2D eigenvalue weighted by molar-refractivity contribution is 5.73. The van der Waals surface area contributed by atoms with Crippen LogP contribution in [0, 0.1) is 5.92 Å². The van der Waals surface area contributed by atoms with Crippen molar-refractivity contribution in [1.82, 2.24) is 5.32 Å². The standard InChI is InChI=1S/C18H35NO2/c1-15(2)14-17(18(20)21)19-16-12-10-8-6-4-3-5-7-9-11-13-16/h15-17,19H,3-14H2,1-2H3,(H,20,21). The van der Waals surface area contributed by atoms with E-state index in [1.54, 1.807) is 0 Å². The number of carbonyl (C=O) groups is 1. The van der Waals surface area contributed by atoms with Gasteiger partial charge in [-0.25, -0.2) is 0 Å². The smallest absolute Gasteiger partial charge is 0.320 e. The minimum Gasteiger partial charge on any atom is -0.480 e. The van der Waals surface area contributed by atoms with Crippen molar-refractivity contribution in [2.75, 3.05) is 0 Å². The Morgan fingerprint density at radius 3 is 1.76 bits per heavy atom. The molecule has 0 amide bonds. The SMILES string of the molecule is CC(C)CC(NC1CCCCCCCCCCC1)C(=O)O. The third-order valence-electron chi connectivity index (χ3n) is 4.55. The zero-order valence-electron chi connectivity index (χ0n) is 14.1. The number of hydrogen-bond donors (Lipinski definition) is 2. The van der Waals surface area contributed by atoms with E-state index in [2.05, 4.69) is 19.2 Å². The molecule has 0 heterocycles. The largest absolute Gasteiger partial charge is 0.480 e. The van der Waals surface area contributed by atoms with Crippen LogP contribution in [0.4, 0.5) is 0 Å². The monoisotopic (exact) mass is 297 g/mol. The van der Waals surface area contributed by atoms with Gasteiger partial charge in [0.2, 0.25) is 0 Å². The van der Waals surface area contributed by atoms with E-state index >= 15 is 0 Å². The predicted octanol–water partition coefficient (Wildman–Crippen LogP) is 4.75. The van der Waals surface area contributed by atoms with Gasteiger partial charge in [-0.3, -0.25) is 4.79 Å². The fourth-order valence-electron chi connectivity index (χ4n) is 3.33. The molecule has 0 aromatic carbocycles. The third-order valence-corrected chi connectivity index (χ3v) is 4.55. The van der Waals surface area contributed by atoms with E-state index in [-0.39, 0.29) is 6.04 Å². The molecule has 1 unspecified atom stereocenters. The molecule has 0 aromatic rings. The lowest BCUT2D eigenvalue weighted by Gasteiger charge is -2.25. The highest BCUT2D eigenvalue weighted by atomic mass is 16.4. The van der Waals surface area contributed by atoms with E-state index in [4.69, 9.17) is 0 Å². The van der Waals surface area contributed by atoms with Crippen molar-refractivity contribution >= 4 is 5.97 Å². The van der Waals surface area contributed by atoms with Crippen LogP contribution in [0.2, 0.25) is 0 Å². The maximum absolute atomic E-state index is 11.4. The van der Waals surface area contributed by atoms with E-state index in [1.165, 1.54) is 57.8 Å². The molecule has 1 atom stereocenters. The average molecular weight is 297 g/mol. The van der Waals surface area contributed by atoms with Gasteiger partial charge in [-0.15, -0.1) is 0 Å². The molecule has 1 saturated carbocycles. The lowest BCUT2D eigenvalue weighted by Crippen LogP contribution is -2.44. The number of nitrogens with one attached hydrogen (secondary N) is 1. The van der Waals surface area contributed by atoms with Gasteiger partial charge in [-0.1, -0.05) is 71.6 Å². The van der Waals surface area contributed by atoms with Crippen LogP contribution in [0.15, 0.2) is 0 Å². The Morgan fingerprint density at radius 1 is 0.952 bits per heavy atom. The van der Waals surface area contributed by atoms with Crippen LogP contribution in [0.3, 0.4) is 0 Å². The number of carboxylic acid groups (broad SMARTS) is 1. The Bertz CT molecular complexity index is 266. The second-order valence-electron chi connectivity index (χ2n) is 7.14. The van der Waals surface area contributed by atoms with E-state index in [1.807, 2.05) is 0 Å². The van der Waals surface area contributed by atoms with Crippen LogP contribution in [0.5, 0.6) is 0 Å². The lowest BCUT2D eigenvalue weighted by molar-refractivity contribution is -0.140. The van der Waals surface area contributed by atoms with Gasteiger partial charge in [0, 0.05) is 6.04 Å². The van der Waals surface area contributed by atoms with E-state index in [0.717, 1.165) is 19.3 Å². The minimum absolute atomic E-state index is 0.372. The first kappa shape index (κ1) is 18.5. The van der Waals surface area contributed by atoms with Crippen LogP contribution in [0.1, 0.15) is 90.9 Å². The number of rotatable bonds is 5. The minimum atomic E-state index is -0.685. The Morgan fingerprint density at radius 2 is 1.38 bits per heavy atom. The molecule has 0 aliphatic heterocycles. The summed E-state index contributed by atoms with van der Waals surface area (Å²) >= 11 is 0. The summed E-state index contributed by atoms with van der Waals surface area (Å²) in [6.07, 6.45) is 15.0. The van der Waals surface area contributed by atoms with Crippen LogP contribution in [-0.2, 0) is 4.79 Å².